The zero-order valence-corrected chi connectivity index (χ0v) is 14.0. The predicted octanol–water partition coefficient (Wildman–Crippen LogP) is 4.56. The smallest absolute Gasteiger partial charge is 0.277 e. The summed E-state index contributed by atoms with van der Waals surface area (Å²) in [6, 6.07) is 3.85. The van der Waals surface area contributed by atoms with Gasteiger partial charge in [0.2, 0.25) is 5.89 Å². The average Bonchev–Trinajstić information content (AvgIpc) is 3.11. The first-order chi connectivity index (χ1) is 11.0. The van der Waals surface area contributed by atoms with Gasteiger partial charge < -0.3 is 4.42 Å². The minimum atomic E-state index is -0.861. The Kier molecular flexibility index (Phi) is 4.72. The first kappa shape index (κ1) is 16.1. The standard InChI is InChI=1S/C15H13F2N3OS2/c1-8(10-3-4-12(16)13(17)5-10)23-15-20-19-14(21-15)6-11-7-22-9(2)18-11/h3-5,7-8H,6H2,1-2H3/t8-/m1/s1. The van der Waals surface area contributed by atoms with Crippen molar-refractivity contribution >= 4 is 23.1 Å². The highest BCUT2D eigenvalue weighted by molar-refractivity contribution is 7.99. The molecule has 2 aromatic heterocycles. The molecular formula is C15H13F2N3OS2. The lowest BCUT2D eigenvalue weighted by Crippen LogP contribution is -1.92. The number of benzene rings is 1. The maximum absolute atomic E-state index is 13.3. The number of aromatic nitrogens is 3. The summed E-state index contributed by atoms with van der Waals surface area (Å²) in [6.07, 6.45) is 0.484. The molecule has 4 nitrogen and oxygen atoms in total. The molecule has 0 aliphatic carbocycles. The molecule has 0 N–H and O–H groups in total. The second-order valence-corrected chi connectivity index (χ2v) is 7.28. The molecule has 0 aliphatic rings. The number of thioether (sulfide) groups is 1. The van der Waals surface area contributed by atoms with Crippen LogP contribution < -0.4 is 0 Å². The summed E-state index contributed by atoms with van der Waals surface area (Å²) in [7, 11) is 0. The van der Waals surface area contributed by atoms with Gasteiger partial charge in [0.05, 0.1) is 17.1 Å². The number of thiazole rings is 1. The number of rotatable bonds is 5. The Morgan fingerprint density at radius 2 is 2.09 bits per heavy atom. The Morgan fingerprint density at radius 3 is 2.78 bits per heavy atom. The van der Waals surface area contributed by atoms with E-state index in [1.54, 1.807) is 17.4 Å². The number of aryl methyl sites for hydroxylation is 1. The summed E-state index contributed by atoms with van der Waals surface area (Å²) < 4.78 is 31.8. The van der Waals surface area contributed by atoms with Gasteiger partial charge in [0, 0.05) is 10.6 Å². The fraction of sp³-hybridized carbons (Fsp3) is 0.267. The molecule has 23 heavy (non-hydrogen) atoms. The molecule has 3 aromatic rings. The van der Waals surface area contributed by atoms with Crippen LogP contribution in [0.5, 0.6) is 0 Å². The average molecular weight is 353 g/mol. The minimum absolute atomic E-state index is 0.139. The van der Waals surface area contributed by atoms with Crippen LogP contribution in [0, 0.1) is 18.6 Å². The molecule has 8 heteroatoms. The van der Waals surface area contributed by atoms with Gasteiger partial charge in [-0.05, 0) is 31.5 Å². The highest BCUT2D eigenvalue weighted by Gasteiger charge is 2.15. The van der Waals surface area contributed by atoms with Crippen LogP contribution in [0.25, 0.3) is 0 Å². The van der Waals surface area contributed by atoms with Crippen LogP contribution in [-0.2, 0) is 6.42 Å². The number of halogens is 2. The molecule has 0 unspecified atom stereocenters. The van der Waals surface area contributed by atoms with Gasteiger partial charge in [0.25, 0.3) is 5.22 Å². The quantitative estimate of drug-likeness (QED) is 0.630. The second kappa shape index (κ2) is 6.76. The van der Waals surface area contributed by atoms with Crippen LogP contribution >= 0.6 is 23.1 Å². The van der Waals surface area contributed by atoms with E-state index in [-0.39, 0.29) is 5.25 Å². The Labute approximate surface area is 140 Å². The predicted molar refractivity (Wildman–Crippen MR) is 84.6 cm³/mol. The van der Waals surface area contributed by atoms with Gasteiger partial charge in [0.1, 0.15) is 0 Å². The van der Waals surface area contributed by atoms with Gasteiger partial charge in [-0.3, -0.25) is 0 Å². The fourth-order valence-corrected chi connectivity index (χ4v) is 3.42. The van der Waals surface area contributed by atoms with Crippen molar-refractivity contribution in [1.82, 2.24) is 15.2 Å². The summed E-state index contributed by atoms with van der Waals surface area (Å²) in [5.74, 6) is -1.24. The Hall–Kier alpha value is -1.80. The molecule has 120 valence electrons. The normalized spacial score (nSPS) is 12.5. The molecule has 0 spiro atoms. The van der Waals surface area contributed by atoms with Crippen LogP contribution in [0.4, 0.5) is 8.78 Å². The van der Waals surface area contributed by atoms with Crippen molar-refractivity contribution in [3.63, 3.8) is 0 Å². The van der Waals surface area contributed by atoms with Crippen molar-refractivity contribution in [3.05, 3.63) is 57.4 Å². The lowest BCUT2D eigenvalue weighted by Gasteiger charge is -2.08. The number of nitrogens with zero attached hydrogens (tertiary/aromatic N) is 3. The zero-order chi connectivity index (χ0) is 16.4. The summed E-state index contributed by atoms with van der Waals surface area (Å²) in [6.45, 7) is 3.80. The van der Waals surface area contributed by atoms with E-state index < -0.39 is 11.6 Å². The molecule has 2 heterocycles. The van der Waals surface area contributed by atoms with Gasteiger partial charge in [-0.25, -0.2) is 13.8 Å². The lowest BCUT2D eigenvalue weighted by molar-refractivity contribution is 0.419. The van der Waals surface area contributed by atoms with Crippen molar-refractivity contribution in [2.45, 2.75) is 30.7 Å². The minimum Gasteiger partial charge on any atom is -0.416 e. The van der Waals surface area contributed by atoms with Crippen molar-refractivity contribution in [2.75, 3.05) is 0 Å². The van der Waals surface area contributed by atoms with Crippen molar-refractivity contribution in [2.24, 2.45) is 0 Å². The number of hydrogen-bond donors (Lipinski definition) is 0. The molecule has 0 fully saturated rings. The molecule has 0 radical (unpaired) electrons. The van der Waals surface area contributed by atoms with E-state index in [1.807, 2.05) is 19.2 Å². The van der Waals surface area contributed by atoms with Gasteiger partial charge in [-0.15, -0.1) is 21.5 Å². The molecule has 0 saturated carbocycles. The zero-order valence-electron chi connectivity index (χ0n) is 12.4. The van der Waals surface area contributed by atoms with Crippen molar-refractivity contribution in [3.8, 4) is 0 Å². The Bertz CT molecular complexity index is 819. The van der Waals surface area contributed by atoms with Crippen LogP contribution in [0.15, 0.2) is 33.2 Å². The third kappa shape index (κ3) is 3.94. The fourth-order valence-electron chi connectivity index (χ4n) is 1.99. The van der Waals surface area contributed by atoms with Crippen molar-refractivity contribution in [1.29, 1.82) is 0 Å². The first-order valence-electron chi connectivity index (χ1n) is 6.86. The van der Waals surface area contributed by atoms with E-state index in [9.17, 15) is 8.78 Å². The van der Waals surface area contributed by atoms with E-state index in [0.29, 0.717) is 23.1 Å². The molecule has 1 aromatic carbocycles. The van der Waals surface area contributed by atoms with E-state index in [4.69, 9.17) is 4.42 Å². The van der Waals surface area contributed by atoms with E-state index in [1.165, 1.54) is 17.8 Å². The topological polar surface area (TPSA) is 51.8 Å². The first-order valence-corrected chi connectivity index (χ1v) is 8.62. The largest absolute Gasteiger partial charge is 0.416 e. The summed E-state index contributed by atoms with van der Waals surface area (Å²) >= 11 is 2.87. The Morgan fingerprint density at radius 1 is 1.26 bits per heavy atom. The lowest BCUT2D eigenvalue weighted by atomic mass is 10.1. The van der Waals surface area contributed by atoms with E-state index in [2.05, 4.69) is 15.2 Å². The van der Waals surface area contributed by atoms with Crippen LogP contribution in [0.1, 0.15) is 34.3 Å². The molecule has 1 atom stereocenters. The third-order valence-corrected chi connectivity index (χ3v) is 4.95. The van der Waals surface area contributed by atoms with Crippen LogP contribution in [0.2, 0.25) is 0 Å². The monoisotopic (exact) mass is 353 g/mol. The molecule has 0 saturated heterocycles. The van der Waals surface area contributed by atoms with Crippen molar-refractivity contribution < 1.29 is 13.2 Å². The molecule has 0 aliphatic heterocycles. The van der Waals surface area contributed by atoms with Gasteiger partial charge in [-0.1, -0.05) is 17.8 Å². The van der Waals surface area contributed by atoms with E-state index in [0.717, 1.165) is 16.8 Å². The van der Waals surface area contributed by atoms with Crippen LogP contribution in [0.3, 0.4) is 0 Å². The SMILES string of the molecule is Cc1nc(Cc2nnc(S[C@H](C)c3ccc(F)c(F)c3)o2)cs1. The molecule has 3 rings (SSSR count). The molecule has 0 amide bonds. The summed E-state index contributed by atoms with van der Waals surface area (Å²) in [4.78, 5) is 4.35. The highest BCUT2D eigenvalue weighted by atomic mass is 32.2. The third-order valence-electron chi connectivity index (χ3n) is 3.14. The Balaban J connectivity index is 1.67. The summed E-state index contributed by atoms with van der Waals surface area (Å²) in [5, 5.41) is 11.2. The number of hydrogen-bond acceptors (Lipinski definition) is 6. The van der Waals surface area contributed by atoms with Gasteiger partial charge >= 0.3 is 0 Å². The molecule has 0 bridgehead atoms. The second-order valence-electron chi connectivity index (χ2n) is 4.93. The van der Waals surface area contributed by atoms with Crippen LogP contribution in [-0.4, -0.2) is 15.2 Å². The maximum atomic E-state index is 13.3. The highest BCUT2D eigenvalue weighted by Crippen LogP contribution is 2.34. The summed E-state index contributed by atoms with van der Waals surface area (Å²) in [5.41, 5.74) is 1.55. The molecular weight excluding hydrogens is 340 g/mol. The van der Waals surface area contributed by atoms with Gasteiger partial charge in [0.15, 0.2) is 11.6 Å². The van der Waals surface area contributed by atoms with Gasteiger partial charge in [-0.2, -0.15) is 0 Å². The maximum Gasteiger partial charge on any atom is 0.277 e. The van der Waals surface area contributed by atoms with E-state index >= 15 is 0 Å².